The van der Waals surface area contributed by atoms with Crippen molar-refractivity contribution in [3.8, 4) is 5.69 Å². The number of tetrazole rings is 1. The number of benzene rings is 3. The second-order valence-electron chi connectivity index (χ2n) is 5.33. The Morgan fingerprint density at radius 2 is 1.76 bits per heavy atom. The second-order valence-corrected chi connectivity index (χ2v) is 5.77. The molecule has 0 fully saturated rings. The third kappa shape index (κ3) is 3.20. The van der Waals surface area contributed by atoms with Crippen LogP contribution in [-0.2, 0) is 0 Å². The van der Waals surface area contributed by atoms with E-state index in [2.05, 4.69) is 38.2 Å². The molecule has 1 aromatic heterocycles. The first-order valence-corrected chi connectivity index (χ1v) is 8.00. The van der Waals surface area contributed by atoms with Gasteiger partial charge < -0.3 is 0 Å². The van der Waals surface area contributed by atoms with Gasteiger partial charge in [-0.2, -0.15) is 9.78 Å². The van der Waals surface area contributed by atoms with Gasteiger partial charge in [-0.3, -0.25) is 0 Å². The van der Waals surface area contributed by atoms with Gasteiger partial charge in [0, 0.05) is 10.4 Å². The van der Waals surface area contributed by atoms with Crippen LogP contribution >= 0.6 is 11.6 Å². The van der Waals surface area contributed by atoms with Crippen LogP contribution in [0.3, 0.4) is 0 Å². The van der Waals surface area contributed by atoms with Gasteiger partial charge >= 0.3 is 0 Å². The fourth-order valence-electron chi connectivity index (χ4n) is 2.53. The van der Waals surface area contributed by atoms with Gasteiger partial charge in [-0.25, -0.2) is 5.43 Å². The number of rotatable bonds is 4. The molecule has 4 aromatic rings. The Balaban J connectivity index is 1.63. The summed E-state index contributed by atoms with van der Waals surface area (Å²) in [5.74, 6) is 0.432. The van der Waals surface area contributed by atoms with Crippen molar-refractivity contribution in [2.75, 3.05) is 5.43 Å². The van der Waals surface area contributed by atoms with Crippen molar-refractivity contribution in [1.82, 2.24) is 20.2 Å². The number of hydrazone groups is 1. The van der Waals surface area contributed by atoms with Crippen LogP contribution in [0.25, 0.3) is 16.5 Å². The number of nitrogens with zero attached hydrogens (tertiary/aromatic N) is 5. The molecule has 1 N–H and O–H groups in total. The Bertz CT molecular complexity index is 1030. The molecule has 0 bridgehead atoms. The first-order chi connectivity index (χ1) is 12.3. The SMILES string of the molecule is Clc1ccc(/C=N/Nc2nnnn2-c2cccc3ccccc23)cc1. The number of nitrogens with one attached hydrogen (secondary N) is 1. The van der Waals surface area contributed by atoms with E-state index >= 15 is 0 Å². The van der Waals surface area contributed by atoms with Gasteiger partial charge in [-0.15, -0.1) is 0 Å². The summed E-state index contributed by atoms with van der Waals surface area (Å²) in [5, 5.41) is 18.9. The third-order valence-electron chi connectivity index (χ3n) is 3.71. The zero-order chi connectivity index (χ0) is 17.1. The lowest BCUT2D eigenvalue weighted by atomic mass is 10.1. The molecule has 3 aromatic carbocycles. The standard InChI is InChI=1S/C18H13ClN6/c19-15-10-8-13(9-11-15)12-20-21-18-22-23-24-25(18)17-7-3-5-14-4-1-2-6-16(14)17/h1-12H,(H,21,22,24)/b20-12+. The van der Waals surface area contributed by atoms with Crippen molar-refractivity contribution in [1.29, 1.82) is 0 Å². The molecule has 0 spiro atoms. The molecule has 0 aliphatic carbocycles. The molecule has 25 heavy (non-hydrogen) atoms. The van der Waals surface area contributed by atoms with Crippen LogP contribution in [0.15, 0.2) is 71.8 Å². The maximum absolute atomic E-state index is 5.87. The molecule has 0 radical (unpaired) electrons. The molecular formula is C18H13ClN6. The highest BCUT2D eigenvalue weighted by Gasteiger charge is 2.10. The van der Waals surface area contributed by atoms with Crippen molar-refractivity contribution in [2.45, 2.75) is 0 Å². The van der Waals surface area contributed by atoms with Crippen LogP contribution in [0.4, 0.5) is 5.95 Å². The molecule has 4 rings (SSSR count). The molecule has 0 aliphatic rings. The normalized spacial score (nSPS) is 11.2. The largest absolute Gasteiger partial charge is 0.268 e. The summed E-state index contributed by atoms with van der Waals surface area (Å²) in [4.78, 5) is 0. The average molecular weight is 349 g/mol. The molecule has 0 amide bonds. The molecule has 0 atom stereocenters. The zero-order valence-corrected chi connectivity index (χ0v) is 13.8. The van der Waals surface area contributed by atoms with Crippen LogP contribution in [-0.4, -0.2) is 26.4 Å². The van der Waals surface area contributed by atoms with E-state index < -0.39 is 0 Å². The van der Waals surface area contributed by atoms with Gasteiger partial charge in [0.25, 0.3) is 5.95 Å². The fourth-order valence-corrected chi connectivity index (χ4v) is 2.65. The summed E-state index contributed by atoms with van der Waals surface area (Å²) in [7, 11) is 0. The number of hydrogen-bond donors (Lipinski definition) is 1. The van der Waals surface area contributed by atoms with E-state index in [0.717, 1.165) is 22.0 Å². The maximum Gasteiger partial charge on any atom is 0.268 e. The summed E-state index contributed by atoms with van der Waals surface area (Å²) in [6.45, 7) is 0. The summed E-state index contributed by atoms with van der Waals surface area (Å²) in [6.07, 6.45) is 1.68. The summed E-state index contributed by atoms with van der Waals surface area (Å²) in [5.41, 5.74) is 4.68. The quantitative estimate of drug-likeness (QED) is 0.448. The van der Waals surface area contributed by atoms with E-state index in [9.17, 15) is 0 Å². The lowest BCUT2D eigenvalue weighted by Gasteiger charge is -2.07. The van der Waals surface area contributed by atoms with Gasteiger partial charge in [-0.1, -0.05) is 65.2 Å². The summed E-state index contributed by atoms with van der Waals surface area (Å²) >= 11 is 5.87. The molecule has 0 saturated carbocycles. The van der Waals surface area contributed by atoms with E-state index in [4.69, 9.17) is 11.6 Å². The van der Waals surface area contributed by atoms with Crippen molar-refractivity contribution in [3.05, 3.63) is 77.3 Å². The van der Waals surface area contributed by atoms with Crippen LogP contribution in [0.1, 0.15) is 5.56 Å². The molecule has 7 heteroatoms. The number of halogens is 1. The average Bonchev–Trinajstić information content (AvgIpc) is 3.11. The number of hydrogen-bond acceptors (Lipinski definition) is 5. The highest BCUT2D eigenvalue weighted by molar-refractivity contribution is 6.30. The van der Waals surface area contributed by atoms with Crippen molar-refractivity contribution >= 4 is 34.5 Å². The van der Waals surface area contributed by atoms with E-state index in [1.807, 2.05) is 54.6 Å². The fraction of sp³-hybridized carbons (Fsp3) is 0. The molecule has 0 saturated heterocycles. The molecule has 0 unspecified atom stereocenters. The van der Waals surface area contributed by atoms with E-state index in [1.165, 1.54) is 0 Å². The molecular weight excluding hydrogens is 336 g/mol. The summed E-state index contributed by atoms with van der Waals surface area (Å²) < 4.78 is 1.63. The van der Waals surface area contributed by atoms with Gasteiger partial charge in [0.1, 0.15) is 0 Å². The van der Waals surface area contributed by atoms with E-state index in [0.29, 0.717) is 11.0 Å². The van der Waals surface area contributed by atoms with Crippen LogP contribution < -0.4 is 5.43 Å². The molecule has 6 nitrogen and oxygen atoms in total. The predicted molar refractivity (Wildman–Crippen MR) is 99.3 cm³/mol. The monoisotopic (exact) mass is 348 g/mol. The minimum Gasteiger partial charge on any atom is -0.244 e. The van der Waals surface area contributed by atoms with Crippen LogP contribution in [0.5, 0.6) is 0 Å². The van der Waals surface area contributed by atoms with Gasteiger partial charge in [0.15, 0.2) is 0 Å². The highest BCUT2D eigenvalue weighted by Crippen LogP contribution is 2.23. The van der Waals surface area contributed by atoms with Gasteiger partial charge in [-0.05, 0) is 39.6 Å². The Morgan fingerprint density at radius 1 is 0.960 bits per heavy atom. The molecule has 122 valence electrons. The zero-order valence-electron chi connectivity index (χ0n) is 13.0. The Morgan fingerprint density at radius 3 is 2.64 bits per heavy atom. The number of anilines is 1. The summed E-state index contributed by atoms with van der Waals surface area (Å²) in [6, 6.07) is 21.4. The minimum absolute atomic E-state index is 0.432. The topological polar surface area (TPSA) is 68.0 Å². The van der Waals surface area contributed by atoms with Crippen LogP contribution in [0.2, 0.25) is 5.02 Å². The van der Waals surface area contributed by atoms with E-state index in [-0.39, 0.29) is 0 Å². The molecule has 1 heterocycles. The molecule has 0 aliphatic heterocycles. The third-order valence-corrected chi connectivity index (χ3v) is 3.96. The first kappa shape index (κ1) is 15.3. The number of aromatic nitrogens is 4. The van der Waals surface area contributed by atoms with Crippen molar-refractivity contribution < 1.29 is 0 Å². The highest BCUT2D eigenvalue weighted by atomic mass is 35.5. The van der Waals surface area contributed by atoms with Crippen LogP contribution in [0, 0.1) is 0 Å². The Kier molecular flexibility index (Phi) is 4.10. The predicted octanol–water partition coefficient (Wildman–Crippen LogP) is 3.91. The second kappa shape index (κ2) is 6.70. The van der Waals surface area contributed by atoms with Gasteiger partial charge in [0.2, 0.25) is 0 Å². The first-order valence-electron chi connectivity index (χ1n) is 7.62. The van der Waals surface area contributed by atoms with Crippen molar-refractivity contribution in [3.63, 3.8) is 0 Å². The number of fused-ring (bicyclic) bond motifs is 1. The smallest absolute Gasteiger partial charge is 0.244 e. The lowest BCUT2D eigenvalue weighted by molar-refractivity contribution is 0.794. The van der Waals surface area contributed by atoms with E-state index in [1.54, 1.807) is 10.9 Å². The minimum atomic E-state index is 0.432. The van der Waals surface area contributed by atoms with Gasteiger partial charge in [0.05, 0.1) is 11.9 Å². The Labute approximate surface area is 148 Å². The van der Waals surface area contributed by atoms with Crippen molar-refractivity contribution in [2.24, 2.45) is 5.10 Å². The Hall–Kier alpha value is -3.25. The lowest BCUT2D eigenvalue weighted by Crippen LogP contribution is -2.04. The maximum atomic E-state index is 5.87.